The van der Waals surface area contributed by atoms with Crippen molar-refractivity contribution >= 4 is 11.6 Å². The van der Waals surface area contributed by atoms with Gasteiger partial charge in [-0.2, -0.15) is 0 Å². The zero-order valence-electron chi connectivity index (χ0n) is 8.64. The van der Waals surface area contributed by atoms with E-state index in [1.54, 1.807) is 0 Å². The molecule has 1 atom stereocenters. The van der Waals surface area contributed by atoms with Crippen molar-refractivity contribution in [2.45, 2.75) is 46.1 Å². The summed E-state index contributed by atoms with van der Waals surface area (Å²) in [7, 11) is 0. The zero-order valence-corrected chi connectivity index (χ0v) is 9.40. The fourth-order valence-corrected chi connectivity index (χ4v) is 0.969. The average Bonchev–Trinajstić information content (AvgIpc) is 1.97. The normalized spacial score (nSPS) is 14.2. The predicted octanol–water partition coefficient (Wildman–Crippen LogP) is 3.66. The summed E-state index contributed by atoms with van der Waals surface area (Å²) in [5.41, 5.74) is -0.114. The molecule has 0 rings (SSSR count). The van der Waals surface area contributed by atoms with Gasteiger partial charge in [-0.15, -0.1) is 0 Å². The Labute approximate surface area is 81.4 Å². The van der Waals surface area contributed by atoms with E-state index in [-0.39, 0.29) is 5.56 Å². The van der Waals surface area contributed by atoms with Crippen molar-refractivity contribution < 1.29 is 4.74 Å². The van der Waals surface area contributed by atoms with E-state index in [0.717, 1.165) is 18.9 Å². The van der Waals surface area contributed by atoms with Crippen molar-refractivity contribution in [2.75, 3.05) is 6.61 Å². The van der Waals surface area contributed by atoms with Crippen LogP contribution in [0.1, 0.15) is 40.5 Å². The Kier molecular flexibility index (Phi) is 6.87. The molecule has 0 aromatic heterocycles. The van der Waals surface area contributed by atoms with Gasteiger partial charge in [0.05, 0.1) is 0 Å². The van der Waals surface area contributed by atoms with E-state index in [2.05, 4.69) is 27.7 Å². The molecule has 0 bridgehead atoms. The first-order valence-corrected chi connectivity index (χ1v) is 5.23. The summed E-state index contributed by atoms with van der Waals surface area (Å²) in [6.07, 6.45) is 2.34. The summed E-state index contributed by atoms with van der Waals surface area (Å²) in [5, 5.41) is 0. The minimum absolute atomic E-state index is 0.114. The molecule has 0 spiro atoms. The van der Waals surface area contributed by atoms with Crippen LogP contribution in [0.2, 0.25) is 0 Å². The van der Waals surface area contributed by atoms with Crippen LogP contribution in [-0.4, -0.2) is 12.2 Å². The number of hydrogen-bond acceptors (Lipinski definition) is 1. The third-order valence-corrected chi connectivity index (χ3v) is 2.36. The van der Waals surface area contributed by atoms with Crippen LogP contribution >= 0.6 is 11.6 Å². The predicted molar refractivity (Wildman–Crippen MR) is 54.5 cm³/mol. The summed E-state index contributed by atoms with van der Waals surface area (Å²) in [5.74, 6) is 1.17. The highest BCUT2D eigenvalue weighted by molar-refractivity contribution is 6.19. The van der Waals surface area contributed by atoms with Crippen LogP contribution in [0.5, 0.6) is 0 Å². The maximum absolute atomic E-state index is 5.91. The standard InChI is InChI=1S/C10H21ClO/c1-8(2)6-5-7-12-10(11)9(3)4/h8-10H,5-7H2,1-4H3. The largest absolute Gasteiger partial charge is 0.362 e. The van der Waals surface area contributed by atoms with Gasteiger partial charge in [0.2, 0.25) is 0 Å². The summed E-state index contributed by atoms with van der Waals surface area (Å²) < 4.78 is 5.42. The molecule has 1 unspecified atom stereocenters. The molecule has 12 heavy (non-hydrogen) atoms. The quantitative estimate of drug-likeness (QED) is 0.461. The van der Waals surface area contributed by atoms with Gasteiger partial charge in [-0.05, 0) is 24.7 Å². The van der Waals surface area contributed by atoms with Crippen molar-refractivity contribution in [3.63, 3.8) is 0 Å². The summed E-state index contributed by atoms with van der Waals surface area (Å²) in [6, 6.07) is 0. The van der Waals surface area contributed by atoms with Gasteiger partial charge in [0.1, 0.15) is 5.56 Å². The van der Waals surface area contributed by atoms with Gasteiger partial charge in [-0.3, -0.25) is 0 Å². The zero-order chi connectivity index (χ0) is 9.56. The topological polar surface area (TPSA) is 9.23 Å². The molecule has 0 N–H and O–H groups in total. The van der Waals surface area contributed by atoms with Crippen molar-refractivity contribution in [3.05, 3.63) is 0 Å². The molecule has 0 heterocycles. The third-order valence-electron chi connectivity index (χ3n) is 1.73. The first kappa shape index (κ1) is 12.2. The van der Waals surface area contributed by atoms with E-state index in [0.29, 0.717) is 5.92 Å². The maximum Gasteiger partial charge on any atom is 0.133 e. The van der Waals surface area contributed by atoms with E-state index >= 15 is 0 Å². The molecule has 0 amide bonds. The van der Waals surface area contributed by atoms with Crippen LogP contribution in [0.25, 0.3) is 0 Å². The molecule has 0 aliphatic heterocycles. The van der Waals surface area contributed by atoms with Gasteiger partial charge in [0.15, 0.2) is 0 Å². The van der Waals surface area contributed by atoms with Crippen molar-refractivity contribution in [1.82, 2.24) is 0 Å². The first-order valence-electron chi connectivity index (χ1n) is 4.79. The number of halogens is 1. The average molecular weight is 193 g/mol. The van der Waals surface area contributed by atoms with Crippen LogP contribution in [0.15, 0.2) is 0 Å². The molecule has 74 valence electrons. The lowest BCUT2D eigenvalue weighted by Crippen LogP contribution is -2.13. The minimum atomic E-state index is -0.114. The van der Waals surface area contributed by atoms with Gasteiger partial charge in [0.25, 0.3) is 0 Å². The molecule has 0 aromatic rings. The number of alkyl halides is 1. The summed E-state index contributed by atoms with van der Waals surface area (Å²) in [6.45, 7) is 9.38. The third kappa shape index (κ3) is 6.93. The smallest absolute Gasteiger partial charge is 0.133 e. The Bertz CT molecular complexity index is 102. The van der Waals surface area contributed by atoms with E-state index in [4.69, 9.17) is 16.3 Å². The molecule has 0 saturated heterocycles. The summed E-state index contributed by atoms with van der Waals surface area (Å²) in [4.78, 5) is 0. The van der Waals surface area contributed by atoms with E-state index < -0.39 is 0 Å². The van der Waals surface area contributed by atoms with Crippen molar-refractivity contribution in [2.24, 2.45) is 11.8 Å². The van der Waals surface area contributed by atoms with Crippen molar-refractivity contribution in [1.29, 1.82) is 0 Å². The number of hydrogen-bond donors (Lipinski definition) is 0. The van der Waals surface area contributed by atoms with Crippen LogP contribution < -0.4 is 0 Å². The lowest BCUT2D eigenvalue weighted by molar-refractivity contribution is 0.0741. The Balaban J connectivity index is 3.20. The Morgan fingerprint density at radius 2 is 1.75 bits per heavy atom. The maximum atomic E-state index is 5.91. The van der Waals surface area contributed by atoms with Crippen LogP contribution in [0.3, 0.4) is 0 Å². The molecule has 0 aliphatic rings. The molecular weight excluding hydrogens is 172 g/mol. The van der Waals surface area contributed by atoms with Crippen LogP contribution in [0.4, 0.5) is 0 Å². The van der Waals surface area contributed by atoms with Crippen molar-refractivity contribution in [3.8, 4) is 0 Å². The second-order valence-corrected chi connectivity index (χ2v) is 4.43. The highest BCUT2D eigenvalue weighted by atomic mass is 35.5. The fourth-order valence-electron chi connectivity index (χ4n) is 0.880. The molecule has 2 heteroatoms. The lowest BCUT2D eigenvalue weighted by atomic mass is 10.1. The SMILES string of the molecule is CC(C)CCCOC(Cl)C(C)C. The van der Waals surface area contributed by atoms with Crippen LogP contribution in [-0.2, 0) is 4.74 Å². The van der Waals surface area contributed by atoms with Gasteiger partial charge in [-0.1, -0.05) is 39.3 Å². The second-order valence-electron chi connectivity index (χ2n) is 4.00. The fraction of sp³-hybridized carbons (Fsp3) is 1.00. The van der Waals surface area contributed by atoms with Crippen LogP contribution in [0, 0.1) is 11.8 Å². The van der Waals surface area contributed by atoms with Gasteiger partial charge in [-0.25, -0.2) is 0 Å². The van der Waals surface area contributed by atoms with E-state index in [9.17, 15) is 0 Å². The molecule has 0 aromatic carbocycles. The van der Waals surface area contributed by atoms with Gasteiger partial charge < -0.3 is 4.74 Å². The highest BCUT2D eigenvalue weighted by Gasteiger charge is 2.08. The molecule has 0 fully saturated rings. The Morgan fingerprint density at radius 1 is 1.17 bits per heavy atom. The lowest BCUT2D eigenvalue weighted by Gasteiger charge is -2.14. The monoisotopic (exact) mass is 192 g/mol. The van der Waals surface area contributed by atoms with E-state index in [1.165, 1.54) is 6.42 Å². The number of rotatable bonds is 6. The van der Waals surface area contributed by atoms with Gasteiger partial charge >= 0.3 is 0 Å². The number of ether oxygens (including phenoxy) is 1. The second kappa shape index (κ2) is 6.73. The molecular formula is C10H21ClO. The molecule has 0 saturated carbocycles. The molecule has 1 nitrogen and oxygen atoms in total. The van der Waals surface area contributed by atoms with Gasteiger partial charge in [0, 0.05) is 6.61 Å². The first-order chi connectivity index (χ1) is 5.54. The highest BCUT2D eigenvalue weighted by Crippen LogP contribution is 2.12. The molecule has 0 radical (unpaired) electrons. The summed E-state index contributed by atoms with van der Waals surface area (Å²) >= 11 is 5.91. The minimum Gasteiger partial charge on any atom is -0.362 e. The Morgan fingerprint density at radius 3 is 2.17 bits per heavy atom. The Hall–Kier alpha value is 0.250. The molecule has 0 aliphatic carbocycles. The van der Waals surface area contributed by atoms with E-state index in [1.807, 2.05) is 0 Å².